The molecule has 1 saturated carbocycles. The standard InChI is InChI=1S/C17H24N2O2/c1-12-3-6-16(20)15(9-12)17(21)19-8-7-18(14-4-5-14)10-13(2)11-19/h3,6,9,13-14,20H,4-5,7-8,10-11H2,1-2H3. The maximum atomic E-state index is 12.7. The average Bonchev–Trinajstić information content (AvgIpc) is 3.27. The van der Waals surface area contributed by atoms with Crippen molar-refractivity contribution in [2.45, 2.75) is 32.7 Å². The van der Waals surface area contributed by atoms with Crippen LogP contribution in [-0.4, -0.2) is 53.0 Å². The predicted octanol–water partition coefficient (Wildman–Crippen LogP) is 2.26. The second kappa shape index (κ2) is 5.68. The normalized spacial score (nSPS) is 23.9. The van der Waals surface area contributed by atoms with Crippen LogP contribution in [0.4, 0.5) is 0 Å². The topological polar surface area (TPSA) is 43.8 Å². The monoisotopic (exact) mass is 288 g/mol. The Bertz CT molecular complexity index is 540. The zero-order chi connectivity index (χ0) is 15.0. The number of carbonyl (C=O) groups excluding carboxylic acids is 1. The van der Waals surface area contributed by atoms with Crippen molar-refractivity contribution in [2.75, 3.05) is 26.2 Å². The van der Waals surface area contributed by atoms with Gasteiger partial charge in [0.15, 0.2) is 0 Å². The van der Waals surface area contributed by atoms with E-state index in [1.54, 1.807) is 12.1 Å². The summed E-state index contributed by atoms with van der Waals surface area (Å²) >= 11 is 0. The fourth-order valence-corrected chi connectivity index (χ4v) is 3.21. The van der Waals surface area contributed by atoms with Gasteiger partial charge in [0, 0.05) is 32.2 Å². The van der Waals surface area contributed by atoms with Crippen LogP contribution < -0.4 is 0 Å². The Morgan fingerprint density at radius 3 is 2.71 bits per heavy atom. The number of phenolic OH excluding ortho intramolecular Hbond substituents is 1. The molecule has 1 amide bonds. The van der Waals surface area contributed by atoms with Crippen molar-refractivity contribution in [1.29, 1.82) is 0 Å². The molecule has 0 aromatic heterocycles. The summed E-state index contributed by atoms with van der Waals surface area (Å²) in [5.41, 5.74) is 1.43. The van der Waals surface area contributed by atoms with E-state index in [0.29, 0.717) is 11.5 Å². The van der Waals surface area contributed by atoms with E-state index in [0.717, 1.165) is 37.8 Å². The van der Waals surface area contributed by atoms with Gasteiger partial charge in [-0.15, -0.1) is 0 Å². The molecule has 4 nitrogen and oxygen atoms in total. The zero-order valence-corrected chi connectivity index (χ0v) is 12.9. The van der Waals surface area contributed by atoms with Crippen molar-refractivity contribution < 1.29 is 9.90 Å². The van der Waals surface area contributed by atoms with Crippen molar-refractivity contribution in [1.82, 2.24) is 9.80 Å². The summed E-state index contributed by atoms with van der Waals surface area (Å²) in [4.78, 5) is 17.1. The molecule has 4 heteroatoms. The molecule has 1 N–H and O–H groups in total. The Balaban J connectivity index is 1.75. The van der Waals surface area contributed by atoms with Gasteiger partial charge >= 0.3 is 0 Å². The molecule has 1 aliphatic carbocycles. The maximum Gasteiger partial charge on any atom is 0.257 e. The Hall–Kier alpha value is -1.55. The summed E-state index contributed by atoms with van der Waals surface area (Å²) in [6.45, 7) is 7.71. The number of aryl methyl sites for hydroxylation is 1. The van der Waals surface area contributed by atoms with Crippen LogP contribution in [0.25, 0.3) is 0 Å². The Kier molecular flexibility index (Phi) is 3.89. The first-order chi connectivity index (χ1) is 10.0. The number of rotatable bonds is 2. The fraction of sp³-hybridized carbons (Fsp3) is 0.588. The van der Waals surface area contributed by atoms with Gasteiger partial charge in [0.05, 0.1) is 5.56 Å². The van der Waals surface area contributed by atoms with Gasteiger partial charge in [-0.3, -0.25) is 9.69 Å². The van der Waals surface area contributed by atoms with Crippen molar-refractivity contribution in [2.24, 2.45) is 5.92 Å². The van der Waals surface area contributed by atoms with E-state index in [1.165, 1.54) is 12.8 Å². The fourth-order valence-electron chi connectivity index (χ4n) is 3.21. The number of amides is 1. The maximum absolute atomic E-state index is 12.7. The number of benzene rings is 1. The minimum Gasteiger partial charge on any atom is -0.507 e. The highest BCUT2D eigenvalue weighted by molar-refractivity contribution is 5.97. The van der Waals surface area contributed by atoms with Gasteiger partial charge in [-0.25, -0.2) is 0 Å². The quantitative estimate of drug-likeness (QED) is 0.908. The van der Waals surface area contributed by atoms with Crippen molar-refractivity contribution >= 4 is 5.91 Å². The molecule has 1 aliphatic heterocycles. The summed E-state index contributed by atoms with van der Waals surface area (Å²) in [7, 11) is 0. The number of carbonyl (C=O) groups is 1. The highest BCUT2D eigenvalue weighted by Crippen LogP contribution is 2.29. The van der Waals surface area contributed by atoms with Crippen LogP contribution in [-0.2, 0) is 0 Å². The molecular weight excluding hydrogens is 264 g/mol. The van der Waals surface area contributed by atoms with Crippen LogP contribution in [0, 0.1) is 12.8 Å². The van der Waals surface area contributed by atoms with Gasteiger partial charge in [0.2, 0.25) is 0 Å². The van der Waals surface area contributed by atoms with Gasteiger partial charge in [0.25, 0.3) is 5.91 Å². The highest BCUT2D eigenvalue weighted by Gasteiger charge is 2.33. The van der Waals surface area contributed by atoms with Gasteiger partial charge in [0.1, 0.15) is 5.75 Å². The van der Waals surface area contributed by atoms with E-state index in [2.05, 4.69) is 11.8 Å². The summed E-state index contributed by atoms with van der Waals surface area (Å²) in [6.07, 6.45) is 2.61. The zero-order valence-electron chi connectivity index (χ0n) is 12.9. The lowest BCUT2D eigenvalue weighted by Crippen LogP contribution is -2.36. The van der Waals surface area contributed by atoms with Gasteiger partial charge in [-0.2, -0.15) is 0 Å². The molecule has 0 spiro atoms. The molecule has 21 heavy (non-hydrogen) atoms. The second-order valence-electron chi connectivity index (χ2n) is 6.60. The van der Waals surface area contributed by atoms with Crippen LogP contribution in [0.5, 0.6) is 5.75 Å². The van der Waals surface area contributed by atoms with Gasteiger partial charge in [-0.05, 0) is 37.8 Å². The summed E-state index contributed by atoms with van der Waals surface area (Å²) in [5.74, 6) is 0.520. The Morgan fingerprint density at radius 1 is 1.24 bits per heavy atom. The Labute approximate surface area is 126 Å². The van der Waals surface area contributed by atoms with Crippen molar-refractivity contribution in [3.8, 4) is 5.75 Å². The van der Waals surface area contributed by atoms with Crippen LogP contribution in [0.1, 0.15) is 35.7 Å². The summed E-state index contributed by atoms with van der Waals surface area (Å²) < 4.78 is 0. The molecule has 1 aromatic rings. The van der Waals surface area contributed by atoms with Crippen molar-refractivity contribution in [3.05, 3.63) is 29.3 Å². The van der Waals surface area contributed by atoms with E-state index in [9.17, 15) is 9.90 Å². The average molecular weight is 288 g/mol. The molecule has 1 heterocycles. The largest absolute Gasteiger partial charge is 0.507 e. The van der Waals surface area contributed by atoms with Crippen LogP contribution in [0.3, 0.4) is 0 Å². The molecule has 1 atom stereocenters. The van der Waals surface area contributed by atoms with E-state index < -0.39 is 0 Å². The minimum absolute atomic E-state index is 0.0410. The van der Waals surface area contributed by atoms with E-state index >= 15 is 0 Å². The molecule has 0 radical (unpaired) electrons. The minimum atomic E-state index is -0.0410. The SMILES string of the molecule is Cc1ccc(O)c(C(=O)N2CCN(C3CC3)CC(C)C2)c1. The lowest BCUT2D eigenvalue weighted by molar-refractivity contribution is 0.0745. The summed E-state index contributed by atoms with van der Waals surface area (Å²) in [6, 6.07) is 5.97. The molecule has 1 saturated heterocycles. The van der Waals surface area contributed by atoms with Gasteiger partial charge in [-0.1, -0.05) is 18.6 Å². The molecule has 2 aliphatic rings. The highest BCUT2D eigenvalue weighted by atomic mass is 16.3. The van der Waals surface area contributed by atoms with Crippen LogP contribution in [0.15, 0.2) is 18.2 Å². The molecule has 1 aromatic carbocycles. The van der Waals surface area contributed by atoms with Crippen molar-refractivity contribution in [3.63, 3.8) is 0 Å². The smallest absolute Gasteiger partial charge is 0.257 e. The van der Waals surface area contributed by atoms with E-state index in [-0.39, 0.29) is 11.7 Å². The van der Waals surface area contributed by atoms with Crippen LogP contribution in [0.2, 0.25) is 0 Å². The summed E-state index contributed by atoms with van der Waals surface area (Å²) in [5, 5.41) is 9.96. The third-order valence-corrected chi connectivity index (χ3v) is 4.47. The predicted molar refractivity (Wildman–Crippen MR) is 82.5 cm³/mol. The molecule has 3 rings (SSSR count). The van der Waals surface area contributed by atoms with E-state index in [4.69, 9.17) is 0 Å². The first-order valence-corrected chi connectivity index (χ1v) is 7.87. The third kappa shape index (κ3) is 3.21. The number of hydrogen-bond acceptors (Lipinski definition) is 3. The molecular formula is C17H24N2O2. The first kappa shape index (κ1) is 14.4. The second-order valence-corrected chi connectivity index (χ2v) is 6.60. The van der Waals surface area contributed by atoms with E-state index in [1.807, 2.05) is 17.9 Å². The van der Waals surface area contributed by atoms with Crippen LogP contribution >= 0.6 is 0 Å². The van der Waals surface area contributed by atoms with Gasteiger partial charge < -0.3 is 10.0 Å². The number of phenols is 1. The number of hydrogen-bond donors (Lipinski definition) is 1. The molecule has 1 unspecified atom stereocenters. The molecule has 0 bridgehead atoms. The lowest BCUT2D eigenvalue weighted by Gasteiger charge is -2.23. The third-order valence-electron chi connectivity index (χ3n) is 4.47. The molecule has 114 valence electrons. The first-order valence-electron chi connectivity index (χ1n) is 7.87. The Morgan fingerprint density at radius 2 is 2.00 bits per heavy atom. The number of aromatic hydroxyl groups is 1. The number of nitrogens with zero attached hydrogens (tertiary/aromatic N) is 2. The lowest BCUT2D eigenvalue weighted by atomic mass is 10.1. The molecule has 2 fully saturated rings.